The van der Waals surface area contributed by atoms with E-state index in [0.29, 0.717) is 13.0 Å². The number of carbonyl (C=O) groups is 2. The van der Waals surface area contributed by atoms with E-state index in [1.165, 1.54) is 0 Å². The molecule has 0 aliphatic carbocycles. The normalized spacial score (nSPS) is 14.1. The standard InChI is InChI=1S/C14H28N2O2S/c1-11(17)12(7-9-19-3)10-14(18)13(16-2)6-4-5-8-15/h12-13,16H,4-10,15H2,1-3H3/t12-,13+/m1/s1. The van der Waals surface area contributed by atoms with Gasteiger partial charge in [-0.3, -0.25) is 9.59 Å². The van der Waals surface area contributed by atoms with Crippen LogP contribution in [0.2, 0.25) is 0 Å². The highest BCUT2D eigenvalue weighted by Gasteiger charge is 2.23. The molecule has 0 aliphatic heterocycles. The van der Waals surface area contributed by atoms with Crippen LogP contribution in [0.5, 0.6) is 0 Å². The van der Waals surface area contributed by atoms with Crippen LogP contribution in [-0.4, -0.2) is 43.2 Å². The van der Waals surface area contributed by atoms with Crippen LogP contribution in [0.25, 0.3) is 0 Å². The van der Waals surface area contributed by atoms with E-state index in [1.807, 2.05) is 6.26 Å². The monoisotopic (exact) mass is 288 g/mol. The predicted molar refractivity (Wildman–Crippen MR) is 82.5 cm³/mol. The Morgan fingerprint density at radius 2 is 1.95 bits per heavy atom. The zero-order chi connectivity index (χ0) is 14.7. The summed E-state index contributed by atoms with van der Waals surface area (Å²) >= 11 is 1.71. The van der Waals surface area contributed by atoms with Gasteiger partial charge in [0.15, 0.2) is 0 Å². The maximum atomic E-state index is 12.2. The second-order valence-electron chi connectivity index (χ2n) is 4.89. The van der Waals surface area contributed by atoms with E-state index in [-0.39, 0.29) is 23.5 Å². The van der Waals surface area contributed by atoms with Crippen LogP contribution in [0.4, 0.5) is 0 Å². The highest BCUT2D eigenvalue weighted by Crippen LogP contribution is 2.16. The van der Waals surface area contributed by atoms with Crippen LogP contribution >= 0.6 is 11.8 Å². The molecule has 2 atom stereocenters. The van der Waals surface area contributed by atoms with Gasteiger partial charge in [-0.2, -0.15) is 11.8 Å². The third-order valence-corrected chi connectivity index (χ3v) is 4.02. The molecule has 0 saturated heterocycles. The van der Waals surface area contributed by atoms with E-state index in [4.69, 9.17) is 5.73 Å². The van der Waals surface area contributed by atoms with Gasteiger partial charge in [-0.1, -0.05) is 6.42 Å². The Balaban J connectivity index is 4.29. The Bertz CT molecular complexity index is 272. The first kappa shape index (κ1) is 18.6. The summed E-state index contributed by atoms with van der Waals surface area (Å²) in [6, 6.07) is -0.136. The summed E-state index contributed by atoms with van der Waals surface area (Å²) in [5.74, 6) is 1.08. The summed E-state index contributed by atoms with van der Waals surface area (Å²) in [6.07, 6.45) is 5.87. The number of nitrogens with one attached hydrogen (secondary N) is 1. The molecule has 0 fully saturated rings. The molecule has 4 nitrogen and oxygen atoms in total. The van der Waals surface area contributed by atoms with Crippen molar-refractivity contribution in [1.82, 2.24) is 5.32 Å². The zero-order valence-electron chi connectivity index (χ0n) is 12.4. The number of ketones is 2. The van der Waals surface area contributed by atoms with Gasteiger partial charge in [0.25, 0.3) is 0 Å². The summed E-state index contributed by atoms with van der Waals surface area (Å²) in [7, 11) is 1.80. The Kier molecular flexibility index (Phi) is 11.2. The Morgan fingerprint density at radius 3 is 2.42 bits per heavy atom. The molecule has 0 aromatic rings. The van der Waals surface area contributed by atoms with E-state index < -0.39 is 0 Å². The van der Waals surface area contributed by atoms with E-state index in [2.05, 4.69) is 5.32 Å². The smallest absolute Gasteiger partial charge is 0.150 e. The maximum absolute atomic E-state index is 12.2. The first-order valence-electron chi connectivity index (χ1n) is 6.96. The Hall–Kier alpha value is -0.390. The molecule has 5 heteroatoms. The minimum atomic E-state index is -0.136. The molecule has 0 radical (unpaired) electrons. The van der Waals surface area contributed by atoms with Crippen molar-refractivity contribution < 1.29 is 9.59 Å². The van der Waals surface area contributed by atoms with E-state index in [9.17, 15) is 9.59 Å². The number of likely N-dealkylation sites (N-methyl/N-ethyl adjacent to an activating group) is 1. The SMILES string of the molecule is CN[C@@H](CCCCN)C(=O)C[C@@H](CCSC)C(C)=O. The number of hydrogen-bond donors (Lipinski definition) is 2. The molecule has 0 amide bonds. The topological polar surface area (TPSA) is 72.2 Å². The van der Waals surface area contributed by atoms with Crippen molar-refractivity contribution in [2.75, 3.05) is 25.6 Å². The van der Waals surface area contributed by atoms with Gasteiger partial charge in [0, 0.05) is 12.3 Å². The zero-order valence-corrected chi connectivity index (χ0v) is 13.2. The van der Waals surface area contributed by atoms with E-state index in [1.54, 1.807) is 25.7 Å². The van der Waals surface area contributed by atoms with Gasteiger partial charge < -0.3 is 11.1 Å². The number of Topliss-reactive ketones (excluding diaryl/α,β-unsaturated/α-hetero) is 2. The molecule has 0 saturated carbocycles. The van der Waals surface area contributed by atoms with Gasteiger partial charge in [-0.25, -0.2) is 0 Å². The average molecular weight is 288 g/mol. The molecule has 0 heterocycles. The fourth-order valence-corrected chi connectivity index (χ4v) is 2.57. The number of rotatable bonds is 12. The molecule has 19 heavy (non-hydrogen) atoms. The summed E-state index contributed by atoms with van der Waals surface area (Å²) in [6.45, 7) is 2.25. The Labute approximate surface area is 121 Å². The largest absolute Gasteiger partial charge is 0.330 e. The average Bonchev–Trinajstić information content (AvgIpc) is 2.39. The molecular weight excluding hydrogens is 260 g/mol. The molecule has 0 bridgehead atoms. The lowest BCUT2D eigenvalue weighted by Crippen LogP contribution is -2.36. The summed E-state index contributed by atoms with van der Waals surface area (Å²) in [5.41, 5.74) is 5.46. The highest BCUT2D eigenvalue weighted by molar-refractivity contribution is 7.98. The van der Waals surface area contributed by atoms with Crippen LogP contribution < -0.4 is 11.1 Å². The lowest BCUT2D eigenvalue weighted by atomic mass is 9.91. The molecular formula is C14H28N2O2S. The molecule has 0 rings (SSSR count). The van der Waals surface area contributed by atoms with Crippen molar-refractivity contribution in [3.05, 3.63) is 0 Å². The minimum Gasteiger partial charge on any atom is -0.330 e. The van der Waals surface area contributed by atoms with Crippen LogP contribution in [0.1, 0.15) is 39.0 Å². The summed E-state index contributed by atoms with van der Waals surface area (Å²) in [4.78, 5) is 23.8. The number of nitrogens with two attached hydrogens (primary N) is 1. The third kappa shape index (κ3) is 8.39. The van der Waals surface area contributed by atoms with Crippen molar-refractivity contribution in [3.63, 3.8) is 0 Å². The minimum absolute atomic E-state index is 0.120. The fraction of sp³-hybridized carbons (Fsp3) is 0.857. The molecule has 3 N–H and O–H groups in total. The highest BCUT2D eigenvalue weighted by atomic mass is 32.2. The number of thioether (sulfide) groups is 1. The number of unbranched alkanes of at least 4 members (excludes halogenated alkanes) is 1. The van der Waals surface area contributed by atoms with Crippen molar-refractivity contribution in [3.8, 4) is 0 Å². The van der Waals surface area contributed by atoms with Gasteiger partial charge in [0.2, 0.25) is 0 Å². The van der Waals surface area contributed by atoms with Crippen LogP contribution in [0, 0.1) is 5.92 Å². The first-order chi connectivity index (χ1) is 9.06. The van der Waals surface area contributed by atoms with Gasteiger partial charge in [-0.05, 0) is 51.8 Å². The van der Waals surface area contributed by atoms with Crippen molar-refractivity contribution in [2.45, 2.75) is 45.1 Å². The molecule has 0 aromatic heterocycles. The van der Waals surface area contributed by atoms with Gasteiger partial charge in [0.05, 0.1) is 6.04 Å². The molecule has 0 aliphatic rings. The lowest BCUT2D eigenvalue weighted by Gasteiger charge is -2.18. The molecule has 112 valence electrons. The fourth-order valence-electron chi connectivity index (χ4n) is 2.05. The summed E-state index contributed by atoms with van der Waals surface area (Å²) < 4.78 is 0. The predicted octanol–water partition coefficient (Wildman–Crippen LogP) is 1.62. The second-order valence-corrected chi connectivity index (χ2v) is 5.87. The van der Waals surface area contributed by atoms with Crippen LogP contribution in [-0.2, 0) is 9.59 Å². The van der Waals surface area contributed by atoms with Crippen LogP contribution in [0.15, 0.2) is 0 Å². The van der Waals surface area contributed by atoms with Crippen LogP contribution in [0.3, 0.4) is 0 Å². The second kappa shape index (κ2) is 11.4. The van der Waals surface area contributed by atoms with E-state index in [0.717, 1.165) is 31.4 Å². The lowest BCUT2D eigenvalue weighted by molar-refractivity contribution is -0.127. The maximum Gasteiger partial charge on any atom is 0.150 e. The first-order valence-corrected chi connectivity index (χ1v) is 8.35. The molecule has 0 aromatic carbocycles. The number of hydrogen-bond acceptors (Lipinski definition) is 5. The molecule has 0 unspecified atom stereocenters. The summed E-state index contributed by atoms with van der Waals surface area (Å²) in [5, 5.41) is 3.05. The van der Waals surface area contributed by atoms with Gasteiger partial charge >= 0.3 is 0 Å². The number of carbonyl (C=O) groups excluding carboxylic acids is 2. The Morgan fingerprint density at radius 1 is 1.26 bits per heavy atom. The third-order valence-electron chi connectivity index (χ3n) is 3.38. The van der Waals surface area contributed by atoms with Crippen molar-refractivity contribution in [2.24, 2.45) is 11.7 Å². The van der Waals surface area contributed by atoms with Crippen molar-refractivity contribution >= 4 is 23.3 Å². The molecule has 0 spiro atoms. The quantitative estimate of drug-likeness (QED) is 0.534. The van der Waals surface area contributed by atoms with Gasteiger partial charge in [-0.15, -0.1) is 0 Å². The van der Waals surface area contributed by atoms with Gasteiger partial charge in [0.1, 0.15) is 11.6 Å². The van der Waals surface area contributed by atoms with Crippen molar-refractivity contribution in [1.29, 1.82) is 0 Å². The van der Waals surface area contributed by atoms with E-state index >= 15 is 0 Å².